The van der Waals surface area contributed by atoms with Gasteiger partial charge in [0.25, 0.3) is 0 Å². The van der Waals surface area contributed by atoms with E-state index in [1.54, 1.807) is 6.92 Å². The highest BCUT2D eigenvalue weighted by atomic mass is 32.2. The van der Waals surface area contributed by atoms with Crippen LogP contribution in [-0.4, -0.2) is 57.7 Å². The van der Waals surface area contributed by atoms with Crippen molar-refractivity contribution in [2.24, 2.45) is 0 Å². The van der Waals surface area contributed by atoms with E-state index >= 15 is 0 Å². The molecular weight excluding hydrogens is 270 g/mol. The Bertz CT molecular complexity index is 399. The van der Waals surface area contributed by atoms with Crippen LogP contribution < -0.4 is 10.6 Å². The molecule has 106 valence electrons. The van der Waals surface area contributed by atoms with Crippen LogP contribution in [0.1, 0.15) is 19.8 Å². The van der Waals surface area contributed by atoms with Crippen LogP contribution in [0.25, 0.3) is 0 Å². The quantitative estimate of drug-likeness (QED) is 0.666. The summed E-state index contributed by atoms with van der Waals surface area (Å²) in [6.45, 7) is 1.59. The Labute approximate surface area is 115 Å². The first kappa shape index (κ1) is 14.0. The first-order valence-electron chi connectivity index (χ1n) is 6.17. The lowest BCUT2D eigenvalue weighted by Gasteiger charge is -2.23. The first-order chi connectivity index (χ1) is 8.99. The molecule has 1 aliphatic heterocycles. The largest absolute Gasteiger partial charge is 0.480 e. The number of rotatable bonds is 4. The van der Waals surface area contributed by atoms with Crippen molar-refractivity contribution in [1.29, 1.82) is 0 Å². The van der Waals surface area contributed by atoms with Gasteiger partial charge in [-0.3, -0.25) is 4.79 Å². The van der Waals surface area contributed by atoms with E-state index in [9.17, 15) is 14.4 Å². The second-order valence-electron chi connectivity index (χ2n) is 4.78. The summed E-state index contributed by atoms with van der Waals surface area (Å²) in [6, 6.07) is -1.74. The second-order valence-corrected chi connectivity index (χ2v) is 5.78. The molecule has 2 aliphatic rings. The zero-order valence-electron chi connectivity index (χ0n) is 10.6. The molecule has 2 atom stereocenters. The molecular formula is C11H17N3O4S. The molecule has 3 N–H and O–H groups in total. The monoisotopic (exact) mass is 287 g/mol. The Morgan fingerprint density at radius 1 is 1.37 bits per heavy atom. The molecule has 1 aliphatic carbocycles. The summed E-state index contributed by atoms with van der Waals surface area (Å²) in [5, 5.41) is 14.3. The Morgan fingerprint density at radius 2 is 2.05 bits per heavy atom. The number of nitrogens with zero attached hydrogens (tertiary/aromatic N) is 1. The Kier molecular flexibility index (Phi) is 4.18. The molecule has 7 nitrogen and oxygen atoms in total. The number of nitrogens with one attached hydrogen (secondary N) is 2. The van der Waals surface area contributed by atoms with Gasteiger partial charge in [0.05, 0.1) is 5.88 Å². The summed E-state index contributed by atoms with van der Waals surface area (Å²) in [5.41, 5.74) is 0. The summed E-state index contributed by atoms with van der Waals surface area (Å²) < 4.78 is 0. The fourth-order valence-corrected chi connectivity index (χ4v) is 2.88. The van der Waals surface area contributed by atoms with Crippen LogP contribution in [0.2, 0.25) is 0 Å². The van der Waals surface area contributed by atoms with Gasteiger partial charge in [-0.05, 0) is 19.8 Å². The van der Waals surface area contributed by atoms with Gasteiger partial charge >= 0.3 is 12.0 Å². The zero-order chi connectivity index (χ0) is 14.0. The van der Waals surface area contributed by atoms with Crippen molar-refractivity contribution in [1.82, 2.24) is 15.5 Å². The van der Waals surface area contributed by atoms with Gasteiger partial charge in [0, 0.05) is 11.8 Å². The lowest BCUT2D eigenvalue weighted by molar-refractivity contribution is -0.140. The number of hydrogen-bond acceptors (Lipinski definition) is 4. The second kappa shape index (κ2) is 5.68. The topological polar surface area (TPSA) is 98.7 Å². The van der Waals surface area contributed by atoms with Gasteiger partial charge < -0.3 is 20.6 Å². The zero-order valence-corrected chi connectivity index (χ0v) is 11.4. The maximum Gasteiger partial charge on any atom is 0.327 e. The van der Waals surface area contributed by atoms with Crippen molar-refractivity contribution in [3.63, 3.8) is 0 Å². The Balaban J connectivity index is 1.85. The van der Waals surface area contributed by atoms with Crippen molar-refractivity contribution in [2.75, 3.05) is 11.6 Å². The van der Waals surface area contributed by atoms with Crippen molar-refractivity contribution < 1.29 is 19.5 Å². The lowest BCUT2D eigenvalue weighted by Crippen LogP contribution is -2.53. The molecule has 19 heavy (non-hydrogen) atoms. The number of urea groups is 1. The predicted octanol–water partition coefficient (Wildman–Crippen LogP) is -0.177. The van der Waals surface area contributed by atoms with E-state index in [1.807, 2.05) is 0 Å². The van der Waals surface area contributed by atoms with E-state index in [4.69, 9.17) is 5.11 Å². The van der Waals surface area contributed by atoms with Crippen LogP contribution >= 0.6 is 11.8 Å². The first-order valence-corrected chi connectivity index (χ1v) is 7.32. The standard InChI is InChI=1S/C11H17N3O4S/c1-6(9(15)13-7-2-3-7)12-11(18)14-5-19-4-8(14)10(16)17/h6-8H,2-5H2,1H3,(H,12,18)(H,13,15)(H,16,17). The van der Waals surface area contributed by atoms with Gasteiger partial charge in [-0.1, -0.05) is 0 Å². The maximum atomic E-state index is 11.9. The summed E-state index contributed by atoms with van der Waals surface area (Å²) in [4.78, 5) is 35.8. The van der Waals surface area contributed by atoms with Crippen LogP contribution in [0.15, 0.2) is 0 Å². The van der Waals surface area contributed by atoms with Gasteiger partial charge in [-0.2, -0.15) is 0 Å². The minimum absolute atomic E-state index is 0.227. The van der Waals surface area contributed by atoms with Crippen LogP contribution in [0.4, 0.5) is 4.79 Å². The number of carboxylic acid groups (broad SMARTS) is 1. The molecule has 2 rings (SSSR count). The van der Waals surface area contributed by atoms with Gasteiger partial charge in [0.1, 0.15) is 12.1 Å². The smallest absolute Gasteiger partial charge is 0.327 e. The summed E-state index contributed by atoms with van der Waals surface area (Å²) in [7, 11) is 0. The molecule has 2 fully saturated rings. The highest BCUT2D eigenvalue weighted by Crippen LogP contribution is 2.21. The van der Waals surface area contributed by atoms with E-state index in [2.05, 4.69) is 10.6 Å². The van der Waals surface area contributed by atoms with Crippen molar-refractivity contribution in [3.8, 4) is 0 Å². The SMILES string of the molecule is CC(NC(=O)N1CSCC1C(=O)O)C(=O)NC1CC1. The van der Waals surface area contributed by atoms with E-state index in [0.29, 0.717) is 11.6 Å². The molecule has 0 aromatic carbocycles. The Hall–Kier alpha value is -1.44. The maximum absolute atomic E-state index is 11.9. The van der Waals surface area contributed by atoms with Gasteiger partial charge in [0.15, 0.2) is 0 Å². The average molecular weight is 287 g/mol. The third kappa shape index (κ3) is 3.52. The van der Waals surface area contributed by atoms with Crippen LogP contribution in [0.5, 0.6) is 0 Å². The molecule has 0 radical (unpaired) electrons. The lowest BCUT2D eigenvalue weighted by atomic mass is 10.3. The van der Waals surface area contributed by atoms with Crippen molar-refractivity contribution in [3.05, 3.63) is 0 Å². The number of aliphatic carboxylic acids is 1. The fraction of sp³-hybridized carbons (Fsp3) is 0.727. The number of carbonyl (C=O) groups excluding carboxylic acids is 2. The number of thioether (sulfide) groups is 1. The van der Waals surface area contributed by atoms with E-state index < -0.39 is 24.1 Å². The third-order valence-electron chi connectivity index (χ3n) is 3.09. The number of amides is 3. The summed E-state index contributed by atoms with van der Waals surface area (Å²) >= 11 is 1.39. The van der Waals surface area contributed by atoms with E-state index in [-0.39, 0.29) is 11.9 Å². The molecule has 8 heteroatoms. The molecule has 0 bridgehead atoms. The molecule has 3 amide bonds. The molecule has 1 saturated carbocycles. The van der Waals surface area contributed by atoms with Crippen LogP contribution in [0, 0.1) is 0 Å². The molecule has 2 unspecified atom stereocenters. The number of hydrogen-bond donors (Lipinski definition) is 3. The van der Waals surface area contributed by atoms with Crippen LogP contribution in [0.3, 0.4) is 0 Å². The van der Waals surface area contributed by atoms with Crippen LogP contribution in [-0.2, 0) is 9.59 Å². The molecule has 1 saturated heterocycles. The highest BCUT2D eigenvalue weighted by Gasteiger charge is 2.35. The fourth-order valence-electron chi connectivity index (χ4n) is 1.73. The molecule has 1 heterocycles. The minimum atomic E-state index is -1.02. The average Bonchev–Trinajstić information content (AvgIpc) is 3.01. The van der Waals surface area contributed by atoms with Crippen molar-refractivity contribution >= 4 is 29.7 Å². The molecule has 0 aromatic rings. The number of carboxylic acids is 1. The van der Waals surface area contributed by atoms with E-state index in [1.165, 1.54) is 16.7 Å². The highest BCUT2D eigenvalue weighted by molar-refractivity contribution is 7.99. The molecule has 0 aromatic heterocycles. The predicted molar refractivity (Wildman–Crippen MR) is 69.7 cm³/mol. The third-order valence-corrected chi connectivity index (χ3v) is 4.10. The Morgan fingerprint density at radius 3 is 2.63 bits per heavy atom. The normalized spacial score (nSPS) is 23.8. The minimum Gasteiger partial charge on any atom is -0.480 e. The summed E-state index contributed by atoms with van der Waals surface area (Å²) in [6.07, 6.45) is 1.96. The van der Waals surface area contributed by atoms with Gasteiger partial charge in [-0.15, -0.1) is 11.8 Å². The summed E-state index contributed by atoms with van der Waals surface area (Å²) in [5.74, 6) is -0.532. The number of carbonyl (C=O) groups is 3. The van der Waals surface area contributed by atoms with Gasteiger partial charge in [0.2, 0.25) is 5.91 Å². The van der Waals surface area contributed by atoms with Gasteiger partial charge in [-0.25, -0.2) is 9.59 Å². The van der Waals surface area contributed by atoms with Crippen molar-refractivity contribution in [2.45, 2.75) is 37.9 Å². The molecule has 0 spiro atoms. The van der Waals surface area contributed by atoms with E-state index in [0.717, 1.165) is 12.8 Å².